The molecule has 0 nitrogen and oxygen atoms in total. The second-order valence-electron chi connectivity index (χ2n) is 8.98. The van der Waals surface area contributed by atoms with Crippen molar-refractivity contribution < 1.29 is 21.7 Å². The largest absolute Gasteiger partial charge is 4.00 e. The van der Waals surface area contributed by atoms with Gasteiger partial charge in [0.15, 0.2) is 0 Å². The molecular formula is C32H40SiTi. The Morgan fingerprint density at radius 1 is 0.618 bits per heavy atom. The third-order valence-electron chi connectivity index (χ3n) is 7.17. The smallest absolute Gasteiger partial charge is 0.358 e. The normalized spacial score (nSPS) is 16.9. The average molecular weight is 501 g/mol. The van der Waals surface area contributed by atoms with Gasteiger partial charge < -0.3 is 22.3 Å². The molecule has 0 radical (unpaired) electrons. The average Bonchev–Trinajstić information content (AvgIpc) is 2.93. The molecule has 0 heterocycles. The predicted octanol–water partition coefficient (Wildman–Crippen LogP) is 6.98. The van der Waals surface area contributed by atoms with Gasteiger partial charge in [-0.2, -0.15) is 11.1 Å². The van der Waals surface area contributed by atoms with E-state index in [1.807, 2.05) is 0 Å². The molecule has 1 unspecified atom stereocenters. The van der Waals surface area contributed by atoms with Crippen molar-refractivity contribution in [1.29, 1.82) is 0 Å². The Hall–Kier alpha value is -1.93. The monoisotopic (exact) mass is 500 g/mol. The second kappa shape index (κ2) is 12.2. The third-order valence-corrected chi connectivity index (χ3v) is 12.7. The Labute approximate surface area is 226 Å². The summed E-state index contributed by atoms with van der Waals surface area (Å²) in [4.78, 5) is 0. The van der Waals surface area contributed by atoms with Gasteiger partial charge in [-0.15, -0.1) is 6.92 Å². The van der Waals surface area contributed by atoms with Crippen LogP contribution in [0.3, 0.4) is 0 Å². The van der Waals surface area contributed by atoms with Crippen LogP contribution in [0.1, 0.15) is 38.8 Å². The van der Waals surface area contributed by atoms with Crippen LogP contribution in [-0.4, -0.2) is 8.07 Å². The van der Waals surface area contributed by atoms with Crippen molar-refractivity contribution >= 4 is 23.6 Å². The van der Waals surface area contributed by atoms with Gasteiger partial charge in [-0.3, -0.25) is 6.08 Å². The van der Waals surface area contributed by atoms with Crippen LogP contribution in [0, 0.1) is 42.2 Å². The van der Waals surface area contributed by atoms with Gasteiger partial charge in [0, 0.05) is 0 Å². The minimum absolute atomic E-state index is 0. The summed E-state index contributed by atoms with van der Waals surface area (Å²) >= 11 is 0. The van der Waals surface area contributed by atoms with Gasteiger partial charge in [0.2, 0.25) is 0 Å². The van der Waals surface area contributed by atoms with Gasteiger partial charge in [0.05, 0.1) is 0 Å². The summed E-state index contributed by atoms with van der Waals surface area (Å²) in [5.74, 6) is 0. The van der Waals surface area contributed by atoms with Crippen molar-refractivity contribution in [3.63, 3.8) is 0 Å². The summed E-state index contributed by atoms with van der Waals surface area (Å²) in [5, 5.41) is 4.19. The Morgan fingerprint density at radius 3 is 1.44 bits per heavy atom. The molecule has 0 spiro atoms. The van der Waals surface area contributed by atoms with Crippen LogP contribution in [0.25, 0.3) is 0 Å². The topological polar surface area (TPSA) is 0 Å². The first-order chi connectivity index (χ1) is 14.3. The van der Waals surface area contributed by atoms with Crippen molar-refractivity contribution in [3.8, 4) is 0 Å². The van der Waals surface area contributed by atoms with E-state index in [0.29, 0.717) is 0 Å². The SMILES string of the molecule is CC1=[C-]C(C)([Si](c2ccccc2)(c2cccc(C)c2)c2cccc(C)c2)C(C)=C1C.[CH3-].[CH3-].[CH3-].[Ti+4]. The molecule has 1 aliphatic carbocycles. The molecule has 3 aromatic carbocycles. The zero-order valence-electron chi connectivity index (χ0n) is 22.5. The standard InChI is InChI=1S/C29H31Si.3CH3.Ti/c1-21-12-10-16-27(18-21)30(26-14-8-7-9-15-26,28-17-11-13-22(2)19-28)29(6)20-23(3)24(4)25(29)5;;;;/h7-19H,1-6H3;3*1H3;/q4*-1;+4. The number of aryl methyl sites for hydroxylation is 2. The van der Waals surface area contributed by atoms with Crippen LogP contribution in [0.15, 0.2) is 95.6 Å². The second-order valence-corrected chi connectivity index (χ2v) is 13.2. The van der Waals surface area contributed by atoms with E-state index in [1.54, 1.807) is 0 Å². The zero-order valence-corrected chi connectivity index (χ0v) is 25.1. The molecule has 0 saturated carbocycles. The number of hydrogen-bond acceptors (Lipinski definition) is 0. The maximum absolute atomic E-state index is 4.01. The Bertz CT molecular complexity index is 1110. The Morgan fingerprint density at radius 2 is 1.06 bits per heavy atom. The zero-order chi connectivity index (χ0) is 21.5. The van der Waals surface area contributed by atoms with E-state index < -0.39 is 8.07 Å². The molecule has 3 aromatic rings. The first-order valence-electron chi connectivity index (χ1n) is 10.8. The fourth-order valence-corrected chi connectivity index (χ4v) is 11.5. The molecule has 2 heteroatoms. The van der Waals surface area contributed by atoms with Gasteiger partial charge in [-0.1, -0.05) is 116 Å². The fraction of sp³-hybridized carbons (Fsp3) is 0.219. The van der Waals surface area contributed by atoms with E-state index in [9.17, 15) is 0 Å². The molecule has 0 saturated heterocycles. The quantitative estimate of drug-likeness (QED) is 0.206. The van der Waals surface area contributed by atoms with Crippen molar-refractivity contribution in [2.24, 2.45) is 0 Å². The van der Waals surface area contributed by atoms with Crippen LogP contribution in [-0.2, 0) is 21.7 Å². The molecule has 0 N–H and O–H groups in total. The van der Waals surface area contributed by atoms with Crippen molar-refractivity contribution in [2.75, 3.05) is 0 Å². The fourth-order valence-electron chi connectivity index (χ4n) is 5.40. The van der Waals surface area contributed by atoms with Gasteiger partial charge in [-0.05, 0) is 29.4 Å². The van der Waals surface area contributed by atoms with Crippen molar-refractivity contribution in [1.82, 2.24) is 0 Å². The Balaban J connectivity index is 0.00000272. The number of rotatable bonds is 4. The van der Waals surface area contributed by atoms with E-state index in [4.69, 9.17) is 0 Å². The van der Waals surface area contributed by atoms with Gasteiger partial charge in [0.25, 0.3) is 0 Å². The molecule has 1 atom stereocenters. The summed E-state index contributed by atoms with van der Waals surface area (Å²) in [7, 11) is -2.51. The van der Waals surface area contributed by atoms with Crippen molar-refractivity contribution in [3.05, 3.63) is 135 Å². The molecule has 0 aromatic heterocycles. The molecule has 0 aliphatic heterocycles. The molecule has 1 aliphatic rings. The first kappa shape index (κ1) is 32.1. The summed E-state index contributed by atoms with van der Waals surface area (Å²) in [6, 6.07) is 29.7. The predicted molar refractivity (Wildman–Crippen MR) is 152 cm³/mol. The Kier molecular flexibility index (Phi) is 11.5. The molecule has 0 amide bonds. The van der Waals surface area contributed by atoms with Crippen LogP contribution in [0.5, 0.6) is 0 Å². The van der Waals surface area contributed by atoms with E-state index in [-0.39, 0.29) is 49.0 Å². The molecule has 34 heavy (non-hydrogen) atoms. The number of hydrogen-bond donors (Lipinski definition) is 0. The maximum atomic E-state index is 4.01. The minimum Gasteiger partial charge on any atom is -0.358 e. The van der Waals surface area contributed by atoms with E-state index in [1.165, 1.54) is 43.4 Å². The van der Waals surface area contributed by atoms with E-state index in [2.05, 4.69) is 126 Å². The number of benzene rings is 3. The van der Waals surface area contributed by atoms with E-state index in [0.717, 1.165) is 0 Å². The molecular weight excluding hydrogens is 460 g/mol. The van der Waals surface area contributed by atoms with Gasteiger partial charge >= 0.3 is 21.7 Å². The molecule has 0 fully saturated rings. The van der Waals surface area contributed by atoms with Crippen LogP contribution in [0.4, 0.5) is 0 Å². The summed E-state index contributed by atoms with van der Waals surface area (Å²) in [6.07, 6.45) is 4.01. The maximum Gasteiger partial charge on any atom is 4.00 e. The van der Waals surface area contributed by atoms with E-state index >= 15 is 0 Å². The van der Waals surface area contributed by atoms with Gasteiger partial charge in [-0.25, -0.2) is 5.57 Å². The van der Waals surface area contributed by atoms with Gasteiger partial charge in [0.1, 0.15) is 8.07 Å². The molecule has 4 rings (SSSR count). The molecule has 0 bridgehead atoms. The number of allylic oxidation sites excluding steroid dienone is 4. The third kappa shape index (κ3) is 4.89. The van der Waals surface area contributed by atoms with Crippen LogP contribution >= 0.6 is 0 Å². The van der Waals surface area contributed by atoms with Crippen molar-refractivity contribution in [2.45, 2.75) is 46.6 Å². The summed E-state index contributed by atoms with van der Waals surface area (Å²) in [6.45, 7) is 13.7. The summed E-state index contributed by atoms with van der Waals surface area (Å²) in [5.41, 5.74) is 6.77. The molecule has 176 valence electrons. The van der Waals surface area contributed by atoms with Crippen LogP contribution in [0.2, 0.25) is 5.04 Å². The minimum atomic E-state index is -2.51. The summed E-state index contributed by atoms with van der Waals surface area (Å²) < 4.78 is 0. The first-order valence-corrected chi connectivity index (χ1v) is 12.8. The van der Waals surface area contributed by atoms with Crippen LogP contribution < -0.4 is 15.6 Å².